The average Bonchev–Trinajstić information content (AvgIpc) is 3.01. The molecule has 0 saturated carbocycles. The van der Waals surface area contributed by atoms with Crippen molar-refractivity contribution in [1.82, 2.24) is 5.32 Å². The Labute approximate surface area is 154 Å². The minimum atomic E-state index is -0.132. The summed E-state index contributed by atoms with van der Waals surface area (Å²) >= 11 is 0. The van der Waals surface area contributed by atoms with E-state index in [0.717, 1.165) is 22.6 Å². The van der Waals surface area contributed by atoms with Crippen molar-refractivity contribution in [3.05, 3.63) is 59.7 Å². The van der Waals surface area contributed by atoms with E-state index in [2.05, 4.69) is 5.32 Å². The SMILES string of the molecule is COc1ccc(CCC(=O)N[C@H]2CC(=O)N(c3ccc(C)cc3)C2)cc1. The molecule has 1 aliphatic rings. The number of hydrogen-bond donors (Lipinski definition) is 1. The Morgan fingerprint density at radius 2 is 1.85 bits per heavy atom. The Kier molecular flexibility index (Phi) is 5.56. The first-order valence-corrected chi connectivity index (χ1v) is 8.84. The molecule has 0 aromatic heterocycles. The fraction of sp³-hybridized carbons (Fsp3) is 0.333. The highest BCUT2D eigenvalue weighted by atomic mass is 16.5. The largest absolute Gasteiger partial charge is 0.497 e. The van der Waals surface area contributed by atoms with Gasteiger partial charge in [-0.05, 0) is 43.2 Å². The molecule has 0 spiro atoms. The van der Waals surface area contributed by atoms with E-state index in [9.17, 15) is 9.59 Å². The van der Waals surface area contributed by atoms with E-state index in [4.69, 9.17) is 4.74 Å². The number of carbonyl (C=O) groups excluding carboxylic acids is 2. The minimum Gasteiger partial charge on any atom is -0.497 e. The van der Waals surface area contributed by atoms with Crippen LogP contribution in [0.3, 0.4) is 0 Å². The maximum Gasteiger partial charge on any atom is 0.229 e. The highest BCUT2D eigenvalue weighted by Gasteiger charge is 2.31. The molecule has 5 heteroatoms. The zero-order valence-corrected chi connectivity index (χ0v) is 15.2. The zero-order chi connectivity index (χ0) is 18.5. The molecule has 1 aliphatic heterocycles. The van der Waals surface area contributed by atoms with Crippen molar-refractivity contribution in [3.8, 4) is 5.75 Å². The second-order valence-electron chi connectivity index (χ2n) is 6.66. The molecule has 26 heavy (non-hydrogen) atoms. The summed E-state index contributed by atoms with van der Waals surface area (Å²) in [5, 5.41) is 2.99. The first kappa shape index (κ1) is 18.0. The van der Waals surface area contributed by atoms with Crippen LogP contribution in [-0.4, -0.2) is 31.5 Å². The van der Waals surface area contributed by atoms with Gasteiger partial charge >= 0.3 is 0 Å². The van der Waals surface area contributed by atoms with Crippen LogP contribution in [0, 0.1) is 6.92 Å². The number of nitrogens with zero attached hydrogens (tertiary/aromatic N) is 1. The van der Waals surface area contributed by atoms with Gasteiger partial charge in [0.15, 0.2) is 0 Å². The molecule has 1 fully saturated rings. The van der Waals surface area contributed by atoms with Crippen molar-refractivity contribution >= 4 is 17.5 Å². The molecule has 1 heterocycles. The van der Waals surface area contributed by atoms with Crippen LogP contribution in [0.15, 0.2) is 48.5 Å². The van der Waals surface area contributed by atoms with Crippen molar-refractivity contribution in [3.63, 3.8) is 0 Å². The van der Waals surface area contributed by atoms with Gasteiger partial charge in [0.25, 0.3) is 0 Å². The molecular formula is C21H24N2O3. The summed E-state index contributed by atoms with van der Waals surface area (Å²) in [5.74, 6) is 0.831. The normalized spacial score (nSPS) is 16.6. The molecule has 1 N–H and O–H groups in total. The third-order valence-corrected chi connectivity index (χ3v) is 4.64. The van der Waals surface area contributed by atoms with Gasteiger partial charge in [-0.2, -0.15) is 0 Å². The van der Waals surface area contributed by atoms with Crippen LogP contribution in [0.2, 0.25) is 0 Å². The Bertz CT molecular complexity index is 769. The van der Waals surface area contributed by atoms with Gasteiger partial charge in [0.05, 0.1) is 13.2 Å². The summed E-state index contributed by atoms with van der Waals surface area (Å²) in [5.41, 5.74) is 3.13. The van der Waals surface area contributed by atoms with Crippen LogP contribution >= 0.6 is 0 Å². The topological polar surface area (TPSA) is 58.6 Å². The molecule has 3 rings (SSSR count). The quantitative estimate of drug-likeness (QED) is 0.870. The number of benzene rings is 2. The van der Waals surface area contributed by atoms with Crippen molar-refractivity contribution in [1.29, 1.82) is 0 Å². The third-order valence-electron chi connectivity index (χ3n) is 4.64. The van der Waals surface area contributed by atoms with Crippen molar-refractivity contribution < 1.29 is 14.3 Å². The molecule has 0 unspecified atom stereocenters. The zero-order valence-electron chi connectivity index (χ0n) is 15.2. The van der Waals surface area contributed by atoms with Gasteiger partial charge in [0.2, 0.25) is 11.8 Å². The number of anilines is 1. The molecule has 5 nitrogen and oxygen atoms in total. The molecule has 1 atom stereocenters. The van der Waals surface area contributed by atoms with Gasteiger partial charge in [-0.1, -0.05) is 29.8 Å². The van der Waals surface area contributed by atoms with E-state index in [1.54, 1.807) is 12.0 Å². The Hall–Kier alpha value is -2.82. The number of methoxy groups -OCH3 is 1. The third kappa shape index (κ3) is 4.42. The van der Waals surface area contributed by atoms with E-state index in [1.807, 2.05) is 55.5 Å². The number of aryl methyl sites for hydroxylation is 2. The van der Waals surface area contributed by atoms with Crippen LogP contribution in [0.25, 0.3) is 0 Å². The fourth-order valence-corrected chi connectivity index (χ4v) is 3.13. The number of hydrogen-bond acceptors (Lipinski definition) is 3. The number of ether oxygens (including phenoxy) is 1. The minimum absolute atomic E-state index is 0.0237. The maximum absolute atomic E-state index is 12.3. The van der Waals surface area contributed by atoms with Crippen LogP contribution in [0.4, 0.5) is 5.69 Å². The molecule has 2 aromatic rings. The summed E-state index contributed by atoms with van der Waals surface area (Å²) in [6.45, 7) is 2.54. The van der Waals surface area contributed by atoms with E-state index >= 15 is 0 Å². The van der Waals surface area contributed by atoms with E-state index in [0.29, 0.717) is 25.8 Å². The van der Waals surface area contributed by atoms with Gasteiger partial charge < -0.3 is 15.0 Å². The first-order chi connectivity index (χ1) is 12.5. The predicted octanol–water partition coefficient (Wildman–Crippen LogP) is 2.86. The van der Waals surface area contributed by atoms with E-state index in [-0.39, 0.29) is 17.9 Å². The van der Waals surface area contributed by atoms with Crippen molar-refractivity contribution in [2.45, 2.75) is 32.2 Å². The van der Waals surface area contributed by atoms with Crippen LogP contribution in [0.1, 0.15) is 24.0 Å². The molecule has 1 saturated heterocycles. The van der Waals surface area contributed by atoms with Gasteiger partial charge in [-0.15, -0.1) is 0 Å². The van der Waals surface area contributed by atoms with Gasteiger partial charge in [-0.3, -0.25) is 9.59 Å². The molecular weight excluding hydrogens is 328 g/mol. The lowest BCUT2D eigenvalue weighted by Gasteiger charge is -2.17. The summed E-state index contributed by atoms with van der Waals surface area (Å²) in [6.07, 6.45) is 1.42. The highest BCUT2D eigenvalue weighted by molar-refractivity contribution is 5.96. The van der Waals surface area contributed by atoms with Gasteiger partial charge in [-0.25, -0.2) is 0 Å². The summed E-state index contributed by atoms with van der Waals surface area (Å²) in [7, 11) is 1.63. The van der Waals surface area contributed by atoms with Gasteiger partial charge in [0, 0.05) is 25.1 Å². The molecule has 0 aliphatic carbocycles. The number of rotatable bonds is 6. The highest BCUT2D eigenvalue weighted by Crippen LogP contribution is 2.22. The Morgan fingerprint density at radius 1 is 1.15 bits per heavy atom. The van der Waals surface area contributed by atoms with E-state index in [1.165, 1.54) is 0 Å². The predicted molar refractivity (Wildman–Crippen MR) is 101 cm³/mol. The summed E-state index contributed by atoms with van der Waals surface area (Å²) in [4.78, 5) is 26.2. The Morgan fingerprint density at radius 3 is 2.50 bits per heavy atom. The fourth-order valence-electron chi connectivity index (χ4n) is 3.13. The standard InChI is InChI=1S/C21H24N2O3/c1-15-3-8-18(9-4-15)23-14-17(13-21(23)25)22-20(24)12-7-16-5-10-19(26-2)11-6-16/h3-6,8-11,17H,7,12-14H2,1-2H3,(H,22,24)/t17-/m0/s1. The lowest BCUT2D eigenvalue weighted by Crippen LogP contribution is -2.37. The van der Waals surface area contributed by atoms with Crippen molar-refractivity contribution in [2.24, 2.45) is 0 Å². The summed E-state index contributed by atoms with van der Waals surface area (Å²) < 4.78 is 5.13. The smallest absolute Gasteiger partial charge is 0.229 e. The second-order valence-corrected chi connectivity index (χ2v) is 6.66. The lowest BCUT2D eigenvalue weighted by atomic mass is 10.1. The van der Waals surface area contributed by atoms with Crippen LogP contribution < -0.4 is 15.0 Å². The monoisotopic (exact) mass is 352 g/mol. The molecule has 0 radical (unpaired) electrons. The lowest BCUT2D eigenvalue weighted by molar-refractivity contribution is -0.121. The average molecular weight is 352 g/mol. The van der Waals surface area contributed by atoms with E-state index < -0.39 is 0 Å². The Balaban J connectivity index is 1.50. The second kappa shape index (κ2) is 8.04. The van der Waals surface area contributed by atoms with Gasteiger partial charge in [0.1, 0.15) is 5.75 Å². The summed E-state index contributed by atoms with van der Waals surface area (Å²) in [6, 6.07) is 15.4. The number of amides is 2. The molecule has 136 valence electrons. The number of nitrogens with one attached hydrogen (secondary N) is 1. The van der Waals surface area contributed by atoms with Crippen LogP contribution in [0.5, 0.6) is 5.75 Å². The van der Waals surface area contributed by atoms with Crippen LogP contribution in [-0.2, 0) is 16.0 Å². The van der Waals surface area contributed by atoms with Crippen molar-refractivity contribution in [2.75, 3.05) is 18.6 Å². The number of carbonyl (C=O) groups is 2. The maximum atomic E-state index is 12.3. The molecule has 0 bridgehead atoms. The molecule has 2 amide bonds. The first-order valence-electron chi connectivity index (χ1n) is 8.84. The molecule has 2 aromatic carbocycles.